The largest absolute Gasteiger partial charge is 0.352 e. The van der Waals surface area contributed by atoms with Crippen LogP contribution in [0.15, 0.2) is 53.4 Å². The molecule has 0 heterocycles. The van der Waals surface area contributed by atoms with Crippen LogP contribution in [0.3, 0.4) is 0 Å². The lowest BCUT2D eigenvalue weighted by atomic mass is 10.0. The summed E-state index contributed by atoms with van der Waals surface area (Å²) in [4.78, 5) is 12.7. The number of aryl methyl sites for hydroxylation is 1. The lowest BCUT2D eigenvalue weighted by molar-refractivity contribution is -0.120. The van der Waals surface area contributed by atoms with Crippen LogP contribution < -0.4 is 9.62 Å². The fraction of sp³-hybridized carbons (Fsp3) is 0.409. The Morgan fingerprint density at radius 2 is 1.57 bits per heavy atom. The molecular formula is C22H30N2O3S. The Morgan fingerprint density at radius 3 is 2.07 bits per heavy atom. The molecule has 0 saturated heterocycles. The molecular weight excluding hydrogens is 372 g/mol. The Morgan fingerprint density at radius 1 is 1.00 bits per heavy atom. The Balaban J connectivity index is 2.42. The van der Waals surface area contributed by atoms with Crippen molar-refractivity contribution in [3.8, 4) is 0 Å². The number of sulfonamides is 1. The topological polar surface area (TPSA) is 66.5 Å². The Kier molecular flexibility index (Phi) is 7.24. The SMILES string of the molecule is CC[C@H](C)NC(=O)CN(c1ccc(C(C)C)cc1)S(=O)(=O)c1ccc(C)cc1. The molecule has 1 amide bonds. The van der Waals surface area contributed by atoms with Gasteiger partial charge in [0.05, 0.1) is 10.6 Å². The van der Waals surface area contributed by atoms with Crippen molar-refractivity contribution in [2.45, 2.75) is 57.9 Å². The van der Waals surface area contributed by atoms with Gasteiger partial charge in [-0.15, -0.1) is 0 Å². The highest BCUT2D eigenvalue weighted by Crippen LogP contribution is 2.26. The maximum absolute atomic E-state index is 13.3. The van der Waals surface area contributed by atoms with Crippen LogP contribution in [0.5, 0.6) is 0 Å². The molecule has 0 saturated carbocycles. The number of nitrogens with zero attached hydrogens (tertiary/aromatic N) is 1. The van der Waals surface area contributed by atoms with Crippen LogP contribution in [-0.2, 0) is 14.8 Å². The zero-order valence-electron chi connectivity index (χ0n) is 17.3. The van der Waals surface area contributed by atoms with E-state index in [-0.39, 0.29) is 23.4 Å². The van der Waals surface area contributed by atoms with Gasteiger partial charge in [-0.1, -0.05) is 50.6 Å². The highest BCUT2D eigenvalue weighted by atomic mass is 32.2. The molecule has 2 aromatic rings. The third kappa shape index (κ3) is 5.35. The summed E-state index contributed by atoms with van der Waals surface area (Å²) in [5.74, 6) is 0.0166. The zero-order valence-corrected chi connectivity index (χ0v) is 18.1. The lowest BCUT2D eigenvalue weighted by Gasteiger charge is -2.25. The van der Waals surface area contributed by atoms with E-state index in [1.165, 1.54) is 4.31 Å². The molecule has 0 unspecified atom stereocenters. The highest BCUT2D eigenvalue weighted by molar-refractivity contribution is 7.92. The van der Waals surface area contributed by atoms with E-state index in [1.807, 2.05) is 32.9 Å². The number of hydrogen-bond acceptors (Lipinski definition) is 3. The summed E-state index contributed by atoms with van der Waals surface area (Å²) >= 11 is 0. The van der Waals surface area contributed by atoms with Gasteiger partial charge in [0.25, 0.3) is 10.0 Å². The van der Waals surface area contributed by atoms with Gasteiger partial charge in [-0.3, -0.25) is 9.10 Å². The maximum atomic E-state index is 13.3. The second kappa shape index (κ2) is 9.24. The van der Waals surface area contributed by atoms with Gasteiger partial charge in [0.15, 0.2) is 0 Å². The molecule has 152 valence electrons. The molecule has 0 aromatic heterocycles. The molecule has 5 nitrogen and oxygen atoms in total. The van der Waals surface area contributed by atoms with Crippen LogP contribution in [0.2, 0.25) is 0 Å². The van der Waals surface area contributed by atoms with Crippen LogP contribution in [0.4, 0.5) is 5.69 Å². The number of carbonyl (C=O) groups excluding carboxylic acids is 1. The normalized spacial score (nSPS) is 12.6. The average molecular weight is 403 g/mol. The van der Waals surface area contributed by atoms with Crippen LogP contribution in [-0.4, -0.2) is 26.9 Å². The van der Waals surface area contributed by atoms with Crippen molar-refractivity contribution in [3.05, 3.63) is 59.7 Å². The first kappa shape index (κ1) is 22.0. The number of nitrogens with one attached hydrogen (secondary N) is 1. The maximum Gasteiger partial charge on any atom is 0.264 e. The minimum Gasteiger partial charge on any atom is -0.352 e. The second-order valence-electron chi connectivity index (χ2n) is 7.45. The summed E-state index contributed by atoms with van der Waals surface area (Å²) in [7, 11) is -3.87. The van der Waals surface area contributed by atoms with Crippen LogP contribution in [0.25, 0.3) is 0 Å². The molecule has 0 aliphatic carbocycles. The van der Waals surface area contributed by atoms with E-state index < -0.39 is 10.0 Å². The van der Waals surface area contributed by atoms with Gasteiger partial charge in [0.2, 0.25) is 5.91 Å². The molecule has 2 rings (SSSR count). The predicted octanol–water partition coefficient (Wildman–Crippen LogP) is 4.23. The second-order valence-corrected chi connectivity index (χ2v) is 9.31. The van der Waals surface area contributed by atoms with Gasteiger partial charge in [-0.25, -0.2) is 8.42 Å². The van der Waals surface area contributed by atoms with Gasteiger partial charge in [-0.05, 0) is 56.0 Å². The smallest absolute Gasteiger partial charge is 0.264 e. The number of rotatable bonds is 8. The van der Waals surface area contributed by atoms with Crippen molar-refractivity contribution < 1.29 is 13.2 Å². The fourth-order valence-corrected chi connectivity index (χ4v) is 4.15. The van der Waals surface area contributed by atoms with Gasteiger partial charge < -0.3 is 5.32 Å². The van der Waals surface area contributed by atoms with Crippen molar-refractivity contribution >= 4 is 21.6 Å². The Labute approximate surface area is 168 Å². The van der Waals surface area contributed by atoms with Gasteiger partial charge >= 0.3 is 0 Å². The van der Waals surface area contributed by atoms with E-state index in [0.717, 1.165) is 17.5 Å². The van der Waals surface area contributed by atoms with E-state index in [0.29, 0.717) is 11.6 Å². The summed E-state index contributed by atoms with van der Waals surface area (Å²) in [5.41, 5.74) is 2.56. The van der Waals surface area contributed by atoms with Gasteiger partial charge in [-0.2, -0.15) is 0 Å². The molecule has 0 bridgehead atoms. The highest BCUT2D eigenvalue weighted by Gasteiger charge is 2.27. The number of carbonyl (C=O) groups is 1. The molecule has 0 fully saturated rings. The summed E-state index contributed by atoms with van der Waals surface area (Å²) < 4.78 is 27.8. The first-order valence-corrected chi connectivity index (χ1v) is 11.1. The van der Waals surface area contributed by atoms with Crippen molar-refractivity contribution in [1.29, 1.82) is 0 Å². The average Bonchev–Trinajstić information content (AvgIpc) is 2.66. The number of hydrogen-bond donors (Lipinski definition) is 1. The van der Waals surface area contributed by atoms with E-state index >= 15 is 0 Å². The monoisotopic (exact) mass is 402 g/mol. The minimum absolute atomic E-state index is 0.0141. The quantitative estimate of drug-likeness (QED) is 0.719. The van der Waals surface area contributed by atoms with Gasteiger partial charge in [0, 0.05) is 6.04 Å². The lowest BCUT2D eigenvalue weighted by Crippen LogP contribution is -2.43. The first-order valence-electron chi connectivity index (χ1n) is 9.64. The summed E-state index contributed by atoms with van der Waals surface area (Å²) in [6.07, 6.45) is 0.777. The fourth-order valence-electron chi connectivity index (χ4n) is 2.73. The first-order chi connectivity index (χ1) is 13.1. The number of benzene rings is 2. The molecule has 0 radical (unpaired) electrons. The van der Waals surface area contributed by atoms with Crippen molar-refractivity contribution in [2.24, 2.45) is 0 Å². The molecule has 0 aliphatic rings. The van der Waals surface area contributed by atoms with E-state index in [4.69, 9.17) is 0 Å². The third-order valence-electron chi connectivity index (χ3n) is 4.76. The Hall–Kier alpha value is -2.34. The molecule has 2 aromatic carbocycles. The summed E-state index contributed by atoms with van der Waals surface area (Å²) in [6, 6.07) is 14.0. The number of amides is 1. The number of anilines is 1. The molecule has 0 aliphatic heterocycles. The van der Waals surface area contributed by atoms with Crippen molar-refractivity contribution in [1.82, 2.24) is 5.32 Å². The van der Waals surface area contributed by atoms with E-state index in [9.17, 15) is 13.2 Å². The van der Waals surface area contributed by atoms with E-state index in [2.05, 4.69) is 19.2 Å². The van der Waals surface area contributed by atoms with Crippen LogP contribution in [0, 0.1) is 6.92 Å². The molecule has 6 heteroatoms. The van der Waals surface area contributed by atoms with Crippen molar-refractivity contribution in [2.75, 3.05) is 10.8 Å². The van der Waals surface area contributed by atoms with Crippen LogP contribution in [0.1, 0.15) is 51.2 Å². The summed E-state index contributed by atoms with van der Waals surface area (Å²) in [6.45, 7) is 9.66. The van der Waals surface area contributed by atoms with Gasteiger partial charge in [0.1, 0.15) is 6.54 Å². The zero-order chi connectivity index (χ0) is 20.9. The van der Waals surface area contributed by atoms with Crippen LogP contribution >= 0.6 is 0 Å². The van der Waals surface area contributed by atoms with E-state index in [1.54, 1.807) is 36.4 Å². The molecule has 1 atom stereocenters. The molecule has 28 heavy (non-hydrogen) atoms. The molecule has 0 spiro atoms. The Bertz CT molecular complexity index is 888. The van der Waals surface area contributed by atoms with Crippen molar-refractivity contribution in [3.63, 3.8) is 0 Å². The summed E-state index contributed by atoms with van der Waals surface area (Å²) in [5, 5.41) is 2.85. The standard InChI is InChI=1S/C22H30N2O3S/c1-6-18(5)23-22(25)15-24(20-11-9-19(10-12-20)16(2)3)28(26,27)21-13-7-17(4)8-14-21/h7-14,16,18H,6,15H2,1-5H3,(H,23,25)/t18-/m0/s1. The predicted molar refractivity (Wildman–Crippen MR) is 114 cm³/mol. The minimum atomic E-state index is -3.87. The third-order valence-corrected chi connectivity index (χ3v) is 6.55. The molecule has 1 N–H and O–H groups in total.